The fourth-order valence-electron chi connectivity index (χ4n) is 5.50. The van der Waals surface area contributed by atoms with Gasteiger partial charge in [0.2, 0.25) is 0 Å². The lowest BCUT2D eigenvalue weighted by atomic mass is 9.93. The summed E-state index contributed by atoms with van der Waals surface area (Å²) in [5.41, 5.74) is 3.52. The summed E-state index contributed by atoms with van der Waals surface area (Å²) in [6.45, 7) is 2.26. The van der Waals surface area contributed by atoms with Crippen LogP contribution in [0.1, 0.15) is 35.2 Å². The first-order chi connectivity index (χ1) is 23.7. The third-order valence-corrected chi connectivity index (χ3v) is 10.7. The average molecular weight is 963 g/mol. The Hall–Kier alpha value is -3.47. The molecule has 250 valence electrons. The van der Waals surface area contributed by atoms with Gasteiger partial charge in [0, 0.05) is 19.2 Å². The molecule has 1 aromatic heterocycles. The molecule has 0 saturated heterocycles. The minimum Gasteiger partial charge on any atom is -0.493 e. The average Bonchev–Trinajstić information content (AvgIpc) is 3.41. The summed E-state index contributed by atoms with van der Waals surface area (Å²) in [5, 5.41) is 0. The summed E-state index contributed by atoms with van der Waals surface area (Å²) in [6, 6.07) is 25.9. The number of ether oxygens (including phenoxy) is 4. The fraction of sp³-hybridized carbons (Fsp3) is 0.162. The summed E-state index contributed by atoms with van der Waals surface area (Å²) in [6.07, 6.45) is 1.84. The first kappa shape index (κ1) is 35.4. The van der Waals surface area contributed by atoms with Crippen LogP contribution in [0.15, 0.2) is 105 Å². The van der Waals surface area contributed by atoms with Crippen molar-refractivity contribution in [2.75, 3.05) is 20.8 Å². The van der Waals surface area contributed by atoms with Crippen LogP contribution < -0.4 is 29.1 Å². The molecule has 0 fully saturated rings. The maximum absolute atomic E-state index is 14.5. The van der Waals surface area contributed by atoms with E-state index in [1.54, 1.807) is 37.8 Å². The van der Waals surface area contributed by atoms with E-state index in [1.807, 2.05) is 78.9 Å². The van der Waals surface area contributed by atoms with E-state index in [1.165, 1.54) is 11.3 Å². The van der Waals surface area contributed by atoms with Gasteiger partial charge in [-0.25, -0.2) is 9.79 Å². The first-order valence-electron chi connectivity index (χ1n) is 15.1. The number of esters is 1. The number of methoxy groups -OCH3 is 2. The number of benzene rings is 4. The van der Waals surface area contributed by atoms with Gasteiger partial charge in [0.25, 0.3) is 5.56 Å². The third-order valence-electron chi connectivity index (χ3n) is 7.72. The van der Waals surface area contributed by atoms with Gasteiger partial charge in [-0.1, -0.05) is 75.8 Å². The molecule has 1 aliphatic heterocycles. The van der Waals surface area contributed by atoms with Gasteiger partial charge < -0.3 is 18.9 Å². The second-order valence-electron chi connectivity index (χ2n) is 10.8. The molecule has 0 radical (unpaired) electrons. The Labute approximate surface area is 322 Å². The minimum absolute atomic E-state index is 0.155. The Bertz CT molecular complexity index is 2250. The van der Waals surface area contributed by atoms with Crippen molar-refractivity contribution in [3.8, 4) is 17.2 Å². The number of hydrogen-bond acceptors (Lipinski definition) is 8. The molecule has 1 aliphatic rings. The van der Waals surface area contributed by atoms with E-state index >= 15 is 0 Å². The number of thiazole rings is 1. The van der Waals surface area contributed by atoms with Crippen molar-refractivity contribution in [3.05, 3.63) is 144 Å². The van der Waals surface area contributed by atoms with Crippen molar-refractivity contribution >= 4 is 90.2 Å². The van der Waals surface area contributed by atoms with Crippen LogP contribution in [-0.4, -0.2) is 31.4 Å². The highest BCUT2D eigenvalue weighted by atomic mass is 127. The van der Waals surface area contributed by atoms with Gasteiger partial charge in [0.1, 0.15) is 12.4 Å². The summed E-state index contributed by atoms with van der Waals surface area (Å²) >= 11 is 9.27. The van der Waals surface area contributed by atoms with Gasteiger partial charge in [-0.3, -0.25) is 9.36 Å². The zero-order valence-electron chi connectivity index (χ0n) is 26.5. The van der Waals surface area contributed by atoms with Crippen molar-refractivity contribution < 1.29 is 23.7 Å². The van der Waals surface area contributed by atoms with Crippen LogP contribution in [0.3, 0.4) is 0 Å². The van der Waals surface area contributed by atoms with E-state index < -0.39 is 12.0 Å². The van der Waals surface area contributed by atoms with E-state index in [9.17, 15) is 9.59 Å². The molecule has 49 heavy (non-hydrogen) atoms. The smallest absolute Gasteiger partial charge is 0.338 e. The Kier molecular flexibility index (Phi) is 11.3. The molecule has 6 rings (SSSR count). The molecular formula is C37H29BrI2N2O6S. The Morgan fingerprint density at radius 2 is 1.71 bits per heavy atom. The molecular weight excluding hydrogens is 934 g/mol. The van der Waals surface area contributed by atoms with Crippen LogP contribution in [0.5, 0.6) is 17.2 Å². The topological polar surface area (TPSA) is 88.4 Å². The van der Waals surface area contributed by atoms with E-state index in [0.29, 0.717) is 44.4 Å². The largest absolute Gasteiger partial charge is 0.493 e. The predicted molar refractivity (Wildman–Crippen MR) is 211 cm³/mol. The molecule has 8 nitrogen and oxygen atoms in total. The Balaban J connectivity index is 1.58. The standard InChI is InChI=1S/C37H29BrI2N2O6S/c1-4-47-36(44)31-32(22-8-6-5-7-9-22)41-37-42(33(31)23-12-15-28(45-2)29(17-23)46-3)35(43)30(49-37)18-24-16-26(39)19-27(40)34(24)48-20-21-10-13-25(38)14-11-21/h5-19,33H,4,20H2,1-3H3/b30-18-/t33-/m1/s1. The van der Waals surface area contributed by atoms with Crippen molar-refractivity contribution in [1.82, 2.24) is 4.57 Å². The third kappa shape index (κ3) is 7.51. The van der Waals surface area contributed by atoms with Crippen molar-refractivity contribution in [2.45, 2.75) is 19.6 Å². The van der Waals surface area contributed by atoms with Crippen LogP contribution in [0.2, 0.25) is 0 Å². The number of fused-ring (bicyclic) bond motifs is 1. The second kappa shape index (κ2) is 15.6. The number of carbonyl (C=O) groups is 1. The molecule has 0 amide bonds. The Morgan fingerprint density at radius 1 is 0.980 bits per heavy atom. The predicted octanol–water partition coefficient (Wildman–Crippen LogP) is 7.50. The SMILES string of the molecule is CCOC(=O)C1=C(c2ccccc2)N=c2s/c(=C\c3cc(I)cc(I)c3OCc3ccc(Br)cc3)c(=O)n2[C@@H]1c1ccc(OC)c(OC)c1. The highest BCUT2D eigenvalue weighted by Gasteiger charge is 2.35. The number of nitrogens with zero attached hydrogens (tertiary/aromatic N) is 2. The molecule has 2 heterocycles. The minimum atomic E-state index is -0.864. The lowest BCUT2D eigenvalue weighted by molar-refractivity contribution is -0.138. The van der Waals surface area contributed by atoms with Crippen molar-refractivity contribution in [1.29, 1.82) is 0 Å². The monoisotopic (exact) mass is 962 g/mol. The number of rotatable bonds is 10. The van der Waals surface area contributed by atoms with Gasteiger partial charge >= 0.3 is 5.97 Å². The molecule has 0 unspecified atom stereocenters. The van der Waals surface area contributed by atoms with Crippen molar-refractivity contribution in [3.63, 3.8) is 0 Å². The maximum atomic E-state index is 14.5. The summed E-state index contributed by atoms with van der Waals surface area (Å²) < 4.78 is 28.0. The van der Waals surface area contributed by atoms with Gasteiger partial charge in [0.05, 0.1) is 46.2 Å². The lowest BCUT2D eigenvalue weighted by Crippen LogP contribution is -2.40. The number of halogens is 3. The van der Waals surface area contributed by atoms with E-state index in [2.05, 4.69) is 61.1 Å². The van der Waals surface area contributed by atoms with Crippen LogP contribution in [-0.2, 0) is 16.1 Å². The zero-order chi connectivity index (χ0) is 34.7. The molecule has 4 aromatic carbocycles. The first-order valence-corrected chi connectivity index (χ1v) is 18.9. The molecule has 0 bridgehead atoms. The zero-order valence-corrected chi connectivity index (χ0v) is 33.3. The maximum Gasteiger partial charge on any atom is 0.338 e. The van der Waals surface area contributed by atoms with Gasteiger partial charge in [-0.05, 0) is 106 Å². The summed E-state index contributed by atoms with van der Waals surface area (Å²) in [5.74, 6) is 1.09. The van der Waals surface area contributed by atoms with Crippen LogP contribution in [0.4, 0.5) is 0 Å². The van der Waals surface area contributed by atoms with Gasteiger partial charge in [0.15, 0.2) is 16.3 Å². The van der Waals surface area contributed by atoms with Crippen LogP contribution in [0, 0.1) is 7.14 Å². The quantitative estimate of drug-likeness (QED) is 0.107. The number of hydrogen-bond donors (Lipinski definition) is 0. The van der Waals surface area contributed by atoms with E-state index in [4.69, 9.17) is 23.9 Å². The van der Waals surface area contributed by atoms with Crippen LogP contribution >= 0.6 is 72.4 Å². The van der Waals surface area contributed by atoms with Gasteiger partial charge in [-0.15, -0.1) is 0 Å². The second-order valence-corrected chi connectivity index (χ2v) is 15.1. The number of carbonyl (C=O) groups excluding carboxylic acids is 1. The molecule has 5 aromatic rings. The summed E-state index contributed by atoms with van der Waals surface area (Å²) in [4.78, 5) is 33.8. The van der Waals surface area contributed by atoms with E-state index in [-0.39, 0.29) is 17.7 Å². The van der Waals surface area contributed by atoms with Crippen LogP contribution in [0.25, 0.3) is 11.8 Å². The molecule has 0 saturated carbocycles. The molecule has 12 heteroatoms. The van der Waals surface area contributed by atoms with Gasteiger partial charge in [-0.2, -0.15) is 0 Å². The highest BCUT2D eigenvalue weighted by molar-refractivity contribution is 14.1. The van der Waals surface area contributed by atoms with E-state index in [0.717, 1.165) is 28.3 Å². The molecule has 0 aliphatic carbocycles. The molecule has 1 atom stereocenters. The Morgan fingerprint density at radius 3 is 2.41 bits per heavy atom. The van der Waals surface area contributed by atoms with Crippen molar-refractivity contribution in [2.24, 2.45) is 4.99 Å². The normalized spacial score (nSPS) is 14.2. The molecule has 0 N–H and O–H groups in total. The number of aromatic nitrogens is 1. The highest BCUT2D eigenvalue weighted by Crippen LogP contribution is 2.38. The fourth-order valence-corrected chi connectivity index (χ4v) is 8.80. The summed E-state index contributed by atoms with van der Waals surface area (Å²) in [7, 11) is 3.10. The molecule has 0 spiro atoms. The lowest BCUT2D eigenvalue weighted by Gasteiger charge is -2.26.